The summed E-state index contributed by atoms with van der Waals surface area (Å²) in [6.07, 6.45) is 5.98. The number of hydrogen-bond donors (Lipinski definition) is 1. The fourth-order valence-electron chi connectivity index (χ4n) is 3.41. The lowest BCUT2D eigenvalue weighted by atomic mass is 9.87. The van der Waals surface area contributed by atoms with Gasteiger partial charge in [-0.1, -0.05) is 12.1 Å². The van der Waals surface area contributed by atoms with Crippen LogP contribution in [0.5, 0.6) is 0 Å². The molecule has 0 radical (unpaired) electrons. The highest BCUT2D eigenvalue weighted by Crippen LogP contribution is 2.30. The molecule has 1 atom stereocenters. The third-order valence-electron chi connectivity index (χ3n) is 4.54. The Morgan fingerprint density at radius 2 is 2.17 bits per heavy atom. The summed E-state index contributed by atoms with van der Waals surface area (Å²) < 4.78 is 15.4. The molecule has 4 nitrogen and oxygen atoms in total. The minimum absolute atomic E-state index is 0.140. The van der Waals surface area contributed by atoms with E-state index in [2.05, 4.69) is 15.5 Å². The fourth-order valence-corrected chi connectivity index (χ4v) is 3.41. The molecule has 1 aromatic carbocycles. The summed E-state index contributed by atoms with van der Waals surface area (Å²) in [6.45, 7) is 0.831. The Morgan fingerprint density at radius 3 is 3.13 bits per heavy atom. The topological polar surface area (TPSA) is 42.2 Å². The van der Waals surface area contributed by atoms with Gasteiger partial charge in [0.25, 0.3) is 0 Å². The molecule has 0 bridgehead atoms. The van der Waals surface area contributed by atoms with Crippen LogP contribution >= 0.6 is 0 Å². The molecular formula is C18H19FN4. The lowest BCUT2D eigenvalue weighted by Gasteiger charge is -2.26. The first-order valence-electron chi connectivity index (χ1n) is 8.11. The van der Waals surface area contributed by atoms with Gasteiger partial charge in [0.1, 0.15) is 11.6 Å². The maximum atomic E-state index is 13.4. The van der Waals surface area contributed by atoms with E-state index in [1.54, 1.807) is 12.1 Å². The summed E-state index contributed by atoms with van der Waals surface area (Å²) in [5.74, 6) is 0.822. The van der Waals surface area contributed by atoms with E-state index in [9.17, 15) is 4.39 Å². The smallest absolute Gasteiger partial charge is 0.160 e. The number of nitrogens with one attached hydrogen (secondary N) is 1. The highest BCUT2D eigenvalue weighted by atomic mass is 19.1. The Hall–Kier alpha value is -2.27. The first-order chi connectivity index (χ1) is 11.3. The van der Waals surface area contributed by atoms with Crippen molar-refractivity contribution < 1.29 is 4.39 Å². The SMILES string of the molecule is Fc1ccc2c(c1)CCC[C@@H]2NCCc1nnc2ccccn12. The Morgan fingerprint density at radius 1 is 1.22 bits per heavy atom. The van der Waals surface area contributed by atoms with E-state index in [0.29, 0.717) is 6.04 Å². The Bertz CT molecular complexity index is 827. The van der Waals surface area contributed by atoms with Crippen LogP contribution in [-0.4, -0.2) is 21.1 Å². The molecule has 0 amide bonds. The lowest BCUT2D eigenvalue weighted by molar-refractivity contribution is 0.458. The summed E-state index contributed by atoms with van der Waals surface area (Å²) in [5.41, 5.74) is 3.26. The number of rotatable bonds is 4. The molecule has 0 unspecified atom stereocenters. The monoisotopic (exact) mass is 310 g/mol. The molecule has 1 aliphatic carbocycles. The van der Waals surface area contributed by atoms with Crippen LogP contribution in [0.3, 0.4) is 0 Å². The molecule has 2 aromatic heterocycles. The molecule has 0 aliphatic heterocycles. The molecule has 0 spiro atoms. The highest BCUT2D eigenvalue weighted by Gasteiger charge is 2.20. The first-order valence-corrected chi connectivity index (χ1v) is 8.11. The minimum Gasteiger partial charge on any atom is -0.309 e. The van der Waals surface area contributed by atoms with Crippen LogP contribution < -0.4 is 5.32 Å². The van der Waals surface area contributed by atoms with Gasteiger partial charge in [-0.25, -0.2) is 4.39 Å². The Kier molecular flexibility index (Phi) is 3.79. The maximum absolute atomic E-state index is 13.4. The van der Waals surface area contributed by atoms with Gasteiger partial charge in [-0.05, 0) is 54.7 Å². The quantitative estimate of drug-likeness (QED) is 0.805. The molecule has 23 heavy (non-hydrogen) atoms. The summed E-state index contributed by atoms with van der Waals surface area (Å²) in [6, 6.07) is 11.4. The molecular weight excluding hydrogens is 291 g/mol. The van der Waals surface area contributed by atoms with Crippen LogP contribution in [0.2, 0.25) is 0 Å². The van der Waals surface area contributed by atoms with E-state index < -0.39 is 0 Å². The molecule has 0 saturated heterocycles. The van der Waals surface area contributed by atoms with Crippen molar-refractivity contribution in [1.82, 2.24) is 19.9 Å². The second-order valence-electron chi connectivity index (χ2n) is 6.04. The van der Waals surface area contributed by atoms with Crippen molar-refractivity contribution in [1.29, 1.82) is 0 Å². The largest absolute Gasteiger partial charge is 0.309 e. The van der Waals surface area contributed by atoms with Gasteiger partial charge in [-0.15, -0.1) is 10.2 Å². The van der Waals surface area contributed by atoms with Crippen molar-refractivity contribution in [2.45, 2.75) is 31.7 Å². The zero-order chi connectivity index (χ0) is 15.6. The van der Waals surface area contributed by atoms with Gasteiger partial charge in [0.2, 0.25) is 0 Å². The number of nitrogens with zero attached hydrogens (tertiary/aromatic N) is 3. The zero-order valence-electron chi connectivity index (χ0n) is 12.9. The van der Waals surface area contributed by atoms with Crippen LogP contribution in [0.4, 0.5) is 4.39 Å². The van der Waals surface area contributed by atoms with Crippen LogP contribution in [0.25, 0.3) is 5.65 Å². The van der Waals surface area contributed by atoms with E-state index in [-0.39, 0.29) is 5.82 Å². The number of pyridine rings is 1. The standard InChI is InChI=1S/C18H19FN4/c19-14-7-8-15-13(12-14)4-3-5-16(15)20-10-9-18-22-21-17-6-1-2-11-23(17)18/h1-2,6-8,11-12,16,20H,3-5,9-10H2/t16-/m0/s1. The first kappa shape index (κ1) is 14.3. The van der Waals surface area contributed by atoms with E-state index in [0.717, 1.165) is 49.3 Å². The number of benzene rings is 1. The van der Waals surface area contributed by atoms with Gasteiger partial charge in [0, 0.05) is 25.2 Å². The van der Waals surface area contributed by atoms with Gasteiger partial charge in [-0.2, -0.15) is 0 Å². The number of halogens is 1. The molecule has 118 valence electrons. The van der Waals surface area contributed by atoms with Gasteiger partial charge in [-0.3, -0.25) is 4.40 Å². The van der Waals surface area contributed by atoms with Crippen molar-refractivity contribution in [3.8, 4) is 0 Å². The number of hydrogen-bond acceptors (Lipinski definition) is 3. The van der Waals surface area contributed by atoms with Crippen molar-refractivity contribution in [3.05, 3.63) is 65.4 Å². The van der Waals surface area contributed by atoms with E-state index in [4.69, 9.17) is 0 Å². The molecule has 4 rings (SSSR count). The minimum atomic E-state index is -0.140. The zero-order valence-corrected chi connectivity index (χ0v) is 12.9. The average molecular weight is 310 g/mol. The Balaban J connectivity index is 1.44. The van der Waals surface area contributed by atoms with E-state index in [1.165, 1.54) is 5.56 Å². The number of aromatic nitrogens is 3. The lowest BCUT2D eigenvalue weighted by Crippen LogP contribution is -2.27. The number of aryl methyl sites for hydroxylation is 1. The second kappa shape index (κ2) is 6.08. The molecule has 5 heteroatoms. The Labute approximate surface area is 134 Å². The van der Waals surface area contributed by atoms with Crippen molar-refractivity contribution >= 4 is 5.65 Å². The van der Waals surface area contributed by atoms with Crippen LogP contribution in [0.1, 0.15) is 35.8 Å². The predicted molar refractivity (Wildman–Crippen MR) is 86.8 cm³/mol. The average Bonchev–Trinajstić information content (AvgIpc) is 2.98. The second-order valence-corrected chi connectivity index (χ2v) is 6.04. The van der Waals surface area contributed by atoms with Crippen molar-refractivity contribution in [2.75, 3.05) is 6.54 Å². The van der Waals surface area contributed by atoms with Crippen molar-refractivity contribution in [2.24, 2.45) is 0 Å². The summed E-state index contributed by atoms with van der Waals surface area (Å²) >= 11 is 0. The maximum Gasteiger partial charge on any atom is 0.160 e. The third kappa shape index (κ3) is 2.84. The molecule has 1 aliphatic rings. The van der Waals surface area contributed by atoms with Gasteiger partial charge < -0.3 is 5.32 Å². The van der Waals surface area contributed by atoms with E-state index in [1.807, 2.05) is 34.9 Å². The van der Waals surface area contributed by atoms with Crippen LogP contribution in [-0.2, 0) is 12.8 Å². The van der Waals surface area contributed by atoms with Crippen LogP contribution in [0, 0.1) is 5.82 Å². The van der Waals surface area contributed by atoms with E-state index >= 15 is 0 Å². The highest BCUT2D eigenvalue weighted by molar-refractivity contribution is 5.37. The normalized spacial score (nSPS) is 17.3. The fraction of sp³-hybridized carbons (Fsp3) is 0.333. The summed E-state index contributed by atoms with van der Waals surface area (Å²) in [5, 5.41) is 12.0. The third-order valence-corrected chi connectivity index (χ3v) is 4.54. The summed E-state index contributed by atoms with van der Waals surface area (Å²) in [4.78, 5) is 0. The molecule has 2 heterocycles. The molecule has 3 aromatic rings. The van der Waals surface area contributed by atoms with Gasteiger partial charge in [0.05, 0.1) is 0 Å². The van der Waals surface area contributed by atoms with Crippen LogP contribution in [0.15, 0.2) is 42.6 Å². The van der Waals surface area contributed by atoms with Crippen molar-refractivity contribution in [3.63, 3.8) is 0 Å². The van der Waals surface area contributed by atoms with Gasteiger partial charge in [0.15, 0.2) is 5.65 Å². The summed E-state index contributed by atoms with van der Waals surface area (Å²) in [7, 11) is 0. The predicted octanol–water partition coefficient (Wildman–Crippen LogP) is 3.08. The molecule has 0 fully saturated rings. The number of fused-ring (bicyclic) bond motifs is 2. The molecule has 1 N–H and O–H groups in total. The van der Waals surface area contributed by atoms with Gasteiger partial charge >= 0.3 is 0 Å². The molecule has 0 saturated carbocycles.